The molecule has 1 aromatic heterocycles. The number of nitrogens with one attached hydrogen (secondary N) is 1. The minimum atomic E-state index is -4.13. The van der Waals surface area contributed by atoms with E-state index in [9.17, 15) is 13.2 Å². The molecule has 0 atom stereocenters. The van der Waals surface area contributed by atoms with Crippen LogP contribution in [0.1, 0.15) is 0 Å². The van der Waals surface area contributed by atoms with Crippen molar-refractivity contribution in [1.29, 1.82) is 0 Å². The van der Waals surface area contributed by atoms with Crippen LogP contribution >= 0.6 is 11.6 Å². The van der Waals surface area contributed by atoms with E-state index in [0.29, 0.717) is 16.3 Å². The molecule has 1 amide bonds. The molecule has 9 heteroatoms. The van der Waals surface area contributed by atoms with E-state index in [2.05, 4.69) is 5.32 Å². The maximum Gasteiger partial charge on any atom is 0.264 e. The summed E-state index contributed by atoms with van der Waals surface area (Å²) in [6.07, 6.45) is 0. The van der Waals surface area contributed by atoms with Crippen LogP contribution in [0.25, 0.3) is 21.9 Å². The van der Waals surface area contributed by atoms with Crippen molar-refractivity contribution in [3.63, 3.8) is 0 Å². The lowest BCUT2D eigenvalue weighted by Crippen LogP contribution is -2.38. The van der Waals surface area contributed by atoms with Gasteiger partial charge in [0.05, 0.1) is 17.7 Å². The SMILES string of the molecule is COc1ccc(Cl)cc1N(CC(=O)Nc1ccc2c(c1)oc1ccccc12)S(=O)(=O)c1ccccc1. The van der Waals surface area contributed by atoms with Gasteiger partial charge in [0.2, 0.25) is 5.91 Å². The summed E-state index contributed by atoms with van der Waals surface area (Å²) in [5.41, 5.74) is 1.97. The van der Waals surface area contributed by atoms with Gasteiger partial charge < -0.3 is 14.5 Å². The van der Waals surface area contributed by atoms with E-state index >= 15 is 0 Å². The first-order valence-corrected chi connectivity index (χ1v) is 12.8. The second-order valence-electron chi connectivity index (χ2n) is 8.00. The number of furan rings is 1. The van der Waals surface area contributed by atoms with Gasteiger partial charge in [-0.3, -0.25) is 9.10 Å². The number of ether oxygens (including phenoxy) is 1. The third-order valence-electron chi connectivity index (χ3n) is 5.69. The molecule has 5 aromatic rings. The molecule has 182 valence electrons. The fraction of sp³-hybridized carbons (Fsp3) is 0.0741. The Bertz CT molecular complexity index is 1680. The smallest absolute Gasteiger partial charge is 0.264 e. The molecule has 0 bridgehead atoms. The van der Waals surface area contributed by atoms with Crippen LogP contribution in [0.3, 0.4) is 0 Å². The summed E-state index contributed by atoms with van der Waals surface area (Å²) in [5.74, 6) is -0.289. The van der Waals surface area contributed by atoms with E-state index in [4.69, 9.17) is 20.8 Å². The third kappa shape index (κ3) is 4.48. The summed E-state index contributed by atoms with van der Waals surface area (Å²) in [4.78, 5) is 13.2. The first-order chi connectivity index (χ1) is 17.4. The number of hydrogen-bond acceptors (Lipinski definition) is 5. The summed E-state index contributed by atoms with van der Waals surface area (Å²) >= 11 is 6.18. The zero-order valence-electron chi connectivity index (χ0n) is 19.1. The average molecular weight is 521 g/mol. The number of carbonyl (C=O) groups is 1. The summed E-state index contributed by atoms with van der Waals surface area (Å²) in [6.45, 7) is -0.508. The Labute approximate surface area is 212 Å². The van der Waals surface area contributed by atoms with E-state index in [1.165, 1.54) is 25.3 Å². The summed E-state index contributed by atoms with van der Waals surface area (Å²) in [6, 6.07) is 25.4. The molecule has 1 N–H and O–H groups in total. The Balaban J connectivity index is 1.49. The molecule has 0 aliphatic heterocycles. The monoisotopic (exact) mass is 520 g/mol. The molecular formula is C27H21ClN2O5S. The lowest BCUT2D eigenvalue weighted by atomic mass is 10.1. The Morgan fingerprint density at radius 3 is 2.42 bits per heavy atom. The molecule has 1 heterocycles. The molecule has 36 heavy (non-hydrogen) atoms. The second-order valence-corrected chi connectivity index (χ2v) is 10.3. The number of amides is 1. The number of benzene rings is 4. The van der Waals surface area contributed by atoms with Gasteiger partial charge in [-0.25, -0.2) is 8.42 Å². The largest absolute Gasteiger partial charge is 0.495 e. The average Bonchev–Trinajstić information content (AvgIpc) is 3.25. The molecule has 4 aromatic carbocycles. The number of hydrogen-bond donors (Lipinski definition) is 1. The normalized spacial score (nSPS) is 11.5. The van der Waals surface area contributed by atoms with Crippen LogP contribution in [-0.4, -0.2) is 28.0 Å². The molecule has 0 aliphatic rings. The van der Waals surface area contributed by atoms with Crippen molar-refractivity contribution >= 4 is 60.8 Å². The van der Waals surface area contributed by atoms with Crippen LogP contribution < -0.4 is 14.4 Å². The standard InChI is InChI=1S/C27H21ClN2O5S/c1-34-25-14-11-18(28)15-23(25)30(36(32,33)20-7-3-2-4-8-20)17-27(31)29-19-12-13-22-21-9-5-6-10-24(21)35-26(22)16-19/h2-16H,17H2,1H3,(H,29,31). The molecular weight excluding hydrogens is 500 g/mol. The Hall–Kier alpha value is -4.01. The van der Waals surface area contributed by atoms with Gasteiger partial charge in [-0.1, -0.05) is 48.0 Å². The minimum absolute atomic E-state index is 0.0310. The number of methoxy groups -OCH3 is 1. The zero-order chi connectivity index (χ0) is 25.3. The number of fused-ring (bicyclic) bond motifs is 3. The minimum Gasteiger partial charge on any atom is -0.495 e. The Morgan fingerprint density at radius 1 is 0.917 bits per heavy atom. The van der Waals surface area contributed by atoms with Crippen molar-refractivity contribution in [3.05, 3.63) is 96.0 Å². The van der Waals surface area contributed by atoms with Gasteiger partial charge in [0.1, 0.15) is 23.5 Å². The van der Waals surface area contributed by atoms with Crippen LogP contribution in [-0.2, 0) is 14.8 Å². The summed E-state index contributed by atoms with van der Waals surface area (Å²) < 4.78 is 39.5. The molecule has 5 rings (SSSR count). The summed E-state index contributed by atoms with van der Waals surface area (Å²) in [7, 11) is -2.71. The van der Waals surface area contributed by atoms with Gasteiger partial charge >= 0.3 is 0 Å². The van der Waals surface area contributed by atoms with Crippen LogP contribution in [0.2, 0.25) is 5.02 Å². The van der Waals surface area contributed by atoms with Crippen molar-refractivity contribution in [2.24, 2.45) is 0 Å². The molecule has 0 radical (unpaired) electrons. The van der Waals surface area contributed by atoms with Crippen molar-refractivity contribution in [1.82, 2.24) is 0 Å². The summed E-state index contributed by atoms with van der Waals surface area (Å²) in [5, 5.41) is 4.96. The van der Waals surface area contributed by atoms with E-state index in [0.717, 1.165) is 20.7 Å². The third-order valence-corrected chi connectivity index (χ3v) is 7.70. The zero-order valence-corrected chi connectivity index (χ0v) is 20.7. The Kier molecular flexibility index (Phi) is 6.30. The predicted octanol–water partition coefficient (Wildman–Crippen LogP) is 6.08. The molecule has 0 fully saturated rings. The molecule has 0 spiro atoms. The number of nitrogens with zero attached hydrogens (tertiary/aromatic N) is 1. The lowest BCUT2D eigenvalue weighted by molar-refractivity contribution is -0.114. The number of carbonyl (C=O) groups excluding carboxylic acids is 1. The predicted molar refractivity (Wildman–Crippen MR) is 141 cm³/mol. The van der Waals surface area contributed by atoms with E-state index in [1.54, 1.807) is 42.5 Å². The maximum absolute atomic E-state index is 13.6. The fourth-order valence-electron chi connectivity index (χ4n) is 4.01. The van der Waals surface area contributed by atoms with Crippen LogP contribution in [0.4, 0.5) is 11.4 Å². The fourth-order valence-corrected chi connectivity index (χ4v) is 5.62. The van der Waals surface area contributed by atoms with Gasteiger partial charge in [0, 0.05) is 27.5 Å². The number of rotatable bonds is 7. The highest BCUT2D eigenvalue weighted by Crippen LogP contribution is 2.35. The van der Waals surface area contributed by atoms with Gasteiger partial charge in [-0.15, -0.1) is 0 Å². The first-order valence-electron chi connectivity index (χ1n) is 11.0. The van der Waals surface area contributed by atoms with Crippen molar-refractivity contribution < 1.29 is 22.4 Å². The Morgan fingerprint density at radius 2 is 1.64 bits per heavy atom. The maximum atomic E-state index is 13.6. The first kappa shape index (κ1) is 23.7. The lowest BCUT2D eigenvalue weighted by Gasteiger charge is -2.25. The topological polar surface area (TPSA) is 88.8 Å². The van der Waals surface area contributed by atoms with Crippen molar-refractivity contribution in [2.45, 2.75) is 4.90 Å². The quantitative estimate of drug-likeness (QED) is 0.281. The number of para-hydroxylation sites is 1. The van der Waals surface area contributed by atoms with Crippen molar-refractivity contribution in [2.75, 3.05) is 23.3 Å². The van der Waals surface area contributed by atoms with E-state index in [1.807, 2.05) is 30.3 Å². The van der Waals surface area contributed by atoms with Crippen LogP contribution in [0, 0.1) is 0 Å². The molecule has 0 aliphatic carbocycles. The highest BCUT2D eigenvalue weighted by atomic mass is 35.5. The van der Waals surface area contributed by atoms with Gasteiger partial charge in [0.15, 0.2) is 0 Å². The molecule has 0 saturated heterocycles. The molecule has 0 saturated carbocycles. The van der Waals surface area contributed by atoms with Crippen molar-refractivity contribution in [3.8, 4) is 5.75 Å². The van der Waals surface area contributed by atoms with E-state index in [-0.39, 0.29) is 16.3 Å². The highest BCUT2D eigenvalue weighted by Gasteiger charge is 2.29. The van der Waals surface area contributed by atoms with Gasteiger partial charge in [-0.05, 0) is 48.5 Å². The van der Waals surface area contributed by atoms with Crippen LogP contribution in [0.15, 0.2) is 100 Å². The number of anilines is 2. The molecule has 7 nitrogen and oxygen atoms in total. The number of halogens is 1. The number of sulfonamides is 1. The highest BCUT2D eigenvalue weighted by molar-refractivity contribution is 7.92. The molecule has 0 unspecified atom stereocenters. The van der Waals surface area contributed by atoms with E-state index < -0.39 is 22.5 Å². The second kappa shape index (κ2) is 9.56. The van der Waals surface area contributed by atoms with Gasteiger partial charge in [0.25, 0.3) is 10.0 Å². The van der Waals surface area contributed by atoms with Gasteiger partial charge in [-0.2, -0.15) is 0 Å². The van der Waals surface area contributed by atoms with Crippen LogP contribution in [0.5, 0.6) is 5.75 Å².